The van der Waals surface area contributed by atoms with Gasteiger partial charge >= 0.3 is 0 Å². The molecule has 18 heavy (non-hydrogen) atoms. The number of nitrogens with zero attached hydrogens (tertiary/aromatic N) is 1. The SMILES string of the molecule is CCC(C#N)Oc1ccc(CNC2CC2)cc1F. The van der Waals surface area contributed by atoms with E-state index < -0.39 is 11.9 Å². The van der Waals surface area contributed by atoms with E-state index in [1.165, 1.54) is 18.9 Å². The molecule has 0 aromatic heterocycles. The quantitative estimate of drug-likeness (QED) is 0.842. The van der Waals surface area contributed by atoms with Crippen molar-refractivity contribution in [1.82, 2.24) is 5.32 Å². The Kier molecular flexibility index (Phi) is 4.16. The van der Waals surface area contributed by atoms with Crippen LogP contribution in [0.4, 0.5) is 4.39 Å². The van der Waals surface area contributed by atoms with Crippen molar-refractivity contribution in [2.24, 2.45) is 0 Å². The standard InChI is InChI=1S/C14H17FN2O/c1-2-12(8-16)18-14-6-3-10(7-13(14)15)9-17-11-4-5-11/h3,6-7,11-12,17H,2,4-5,9H2,1H3. The van der Waals surface area contributed by atoms with E-state index in [0.717, 1.165) is 5.56 Å². The van der Waals surface area contributed by atoms with Gasteiger partial charge in [0, 0.05) is 12.6 Å². The summed E-state index contributed by atoms with van der Waals surface area (Å²) in [6.07, 6.45) is 2.38. The molecule has 1 fully saturated rings. The maximum Gasteiger partial charge on any atom is 0.184 e. The molecule has 0 radical (unpaired) electrons. The molecule has 2 rings (SSSR count). The Bertz CT molecular complexity index is 452. The van der Waals surface area contributed by atoms with Crippen molar-refractivity contribution >= 4 is 0 Å². The zero-order chi connectivity index (χ0) is 13.0. The van der Waals surface area contributed by atoms with Gasteiger partial charge in [-0.15, -0.1) is 0 Å². The fraction of sp³-hybridized carbons (Fsp3) is 0.500. The molecule has 1 atom stereocenters. The minimum absolute atomic E-state index is 0.151. The van der Waals surface area contributed by atoms with E-state index >= 15 is 0 Å². The molecule has 1 aromatic carbocycles. The average Bonchev–Trinajstić information content (AvgIpc) is 3.19. The fourth-order valence-electron chi connectivity index (χ4n) is 1.65. The van der Waals surface area contributed by atoms with Crippen LogP contribution in [0.25, 0.3) is 0 Å². The van der Waals surface area contributed by atoms with Crippen molar-refractivity contribution in [3.8, 4) is 11.8 Å². The molecule has 1 aliphatic rings. The molecule has 0 spiro atoms. The molecule has 3 nitrogen and oxygen atoms in total. The molecule has 4 heteroatoms. The first kappa shape index (κ1) is 12.8. The number of nitrogens with one attached hydrogen (secondary N) is 1. The number of rotatable bonds is 6. The number of benzene rings is 1. The number of hydrogen-bond donors (Lipinski definition) is 1. The number of hydrogen-bond acceptors (Lipinski definition) is 3. The Balaban J connectivity index is 1.97. The lowest BCUT2D eigenvalue weighted by molar-refractivity contribution is 0.240. The van der Waals surface area contributed by atoms with Crippen LogP contribution in [0.2, 0.25) is 0 Å². The van der Waals surface area contributed by atoms with Gasteiger partial charge in [0.2, 0.25) is 0 Å². The molecule has 1 unspecified atom stereocenters. The highest BCUT2D eigenvalue weighted by molar-refractivity contribution is 5.30. The lowest BCUT2D eigenvalue weighted by Crippen LogP contribution is -2.16. The minimum atomic E-state index is -0.588. The smallest absolute Gasteiger partial charge is 0.184 e. The highest BCUT2D eigenvalue weighted by Crippen LogP contribution is 2.22. The van der Waals surface area contributed by atoms with Crippen LogP contribution in [-0.4, -0.2) is 12.1 Å². The Morgan fingerprint density at radius 1 is 1.56 bits per heavy atom. The van der Waals surface area contributed by atoms with E-state index in [-0.39, 0.29) is 5.75 Å². The second-order valence-corrected chi connectivity index (χ2v) is 4.56. The van der Waals surface area contributed by atoms with E-state index in [1.807, 2.05) is 19.1 Å². The van der Waals surface area contributed by atoms with Gasteiger partial charge in [0.1, 0.15) is 6.07 Å². The third-order valence-electron chi connectivity index (χ3n) is 2.95. The van der Waals surface area contributed by atoms with Gasteiger partial charge in [-0.05, 0) is 37.0 Å². The zero-order valence-electron chi connectivity index (χ0n) is 10.4. The largest absolute Gasteiger partial charge is 0.473 e. The van der Waals surface area contributed by atoms with Crippen molar-refractivity contribution in [2.45, 2.75) is 44.9 Å². The van der Waals surface area contributed by atoms with Gasteiger partial charge in [0.05, 0.1) is 0 Å². The maximum absolute atomic E-state index is 13.8. The molecule has 1 N–H and O–H groups in total. The lowest BCUT2D eigenvalue weighted by Gasteiger charge is -2.12. The maximum atomic E-state index is 13.8. The Morgan fingerprint density at radius 2 is 2.33 bits per heavy atom. The van der Waals surface area contributed by atoms with Gasteiger partial charge < -0.3 is 10.1 Å². The molecule has 1 saturated carbocycles. The van der Waals surface area contributed by atoms with Crippen molar-refractivity contribution in [3.05, 3.63) is 29.6 Å². The summed E-state index contributed by atoms with van der Waals surface area (Å²) in [5.41, 5.74) is 0.900. The van der Waals surface area contributed by atoms with Gasteiger partial charge in [0.25, 0.3) is 0 Å². The molecule has 0 amide bonds. The van der Waals surface area contributed by atoms with Crippen LogP contribution in [0.1, 0.15) is 31.7 Å². The summed E-state index contributed by atoms with van der Waals surface area (Å²) in [4.78, 5) is 0. The van der Waals surface area contributed by atoms with E-state index in [0.29, 0.717) is 19.0 Å². The third kappa shape index (κ3) is 3.44. The van der Waals surface area contributed by atoms with E-state index in [9.17, 15) is 4.39 Å². The highest BCUT2D eigenvalue weighted by atomic mass is 19.1. The van der Waals surface area contributed by atoms with Gasteiger partial charge in [-0.1, -0.05) is 13.0 Å². The molecule has 0 aliphatic heterocycles. The number of nitriles is 1. The first-order valence-electron chi connectivity index (χ1n) is 6.31. The van der Waals surface area contributed by atoms with Crippen molar-refractivity contribution in [1.29, 1.82) is 5.26 Å². The number of halogens is 1. The summed E-state index contributed by atoms with van der Waals surface area (Å²) in [5.74, 6) is -0.252. The van der Waals surface area contributed by atoms with Crippen LogP contribution in [0.5, 0.6) is 5.75 Å². The van der Waals surface area contributed by atoms with Gasteiger partial charge in [-0.25, -0.2) is 4.39 Å². The summed E-state index contributed by atoms with van der Waals surface area (Å²) in [5, 5.41) is 12.1. The second kappa shape index (κ2) is 5.83. The predicted octanol–water partition coefficient (Wildman–Crippen LogP) is 2.76. The van der Waals surface area contributed by atoms with Crippen molar-refractivity contribution in [2.75, 3.05) is 0 Å². The predicted molar refractivity (Wildman–Crippen MR) is 66.6 cm³/mol. The van der Waals surface area contributed by atoms with Crippen molar-refractivity contribution in [3.63, 3.8) is 0 Å². The topological polar surface area (TPSA) is 45.0 Å². The second-order valence-electron chi connectivity index (χ2n) is 4.56. The molecular formula is C14H17FN2O. The fourth-order valence-corrected chi connectivity index (χ4v) is 1.65. The summed E-state index contributed by atoms with van der Waals surface area (Å²) in [7, 11) is 0. The molecule has 1 aromatic rings. The number of ether oxygens (including phenoxy) is 1. The van der Waals surface area contributed by atoms with Crippen LogP contribution in [-0.2, 0) is 6.54 Å². The Labute approximate surface area is 107 Å². The molecule has 0 bridgehead atoms. The summed E-state index contributed by atoms with van der Waals surface area (Å²) >= 11 is 0. The molecule has 0 saturated heterocycles. The first-order valence-corrected chi connectivity index (χ1v) is 6.31. The normalized spacial score (nSPS) is 16.1. The average molecular weight is 248 g/mol. The van der Waals surface area contributed by atoms with E-state index in [2.05, 4.69) is 5.32 Å². The van der Waals surface area contributed by atoms with Gasteiger partial charge in [-0.3, -0.25) is 0 Å². The molecule has 0 heterocycles. The van der Waals surface area contributed by atoms with Crippen molar-refractivity contribution < 1.29 is 9.13 Å². The summed E-state index contributed by atoms with van der Waals surface area (Å²) < 4.78 is 19.0. The molecule has 1 aliphatic carbocycles. The van der Waals surface area contributed by atoms with Crippen LogP contribution >= 0.6 is 0 Å². The van der Waals surface area contributed by atoms with Crippen LogP contribution in [0.15, 0.2) is 18.2 Å². The van der Waals surface area contributed by atoms with E-state index in [4.69, 9.17) is 10.00 Å². The molecular weight excluding hydrogens is 231 g/mol. The van der Waals surface area contributed by atoms with Gasteiger partial charge in [0.15, 0.2) is 17.7 Å². The molecule has 96 valence electrons. The lowest BCUT2D eigenvalue weighted by atomic mass is 10.2. The highest BCUT2D eigenvalue weighted by Gasteiger charge is 2.20. The Morgan fingerprint density at radius 3 is 2.89 bits per heavy atom. The zero-order valence-corrected chi connectivity index (χ0v) is 10.4. The van der Waals surface area contributed by atoms with Crippen LogP contribution < -0.4 is 10.1 Å². The van der Waals surface area contributed by atoms with Crippen LogP contribution in [0, 0.1) is 17.1 Å². The van der Waals surface area contributed by atoms with Crippen LogP contribution in [0.3, 0.4) is 0 Å². The monoisotopic (exact) mass is 248 g/mol. The first-order chi connectivity index (χ1) is 8.72. The minimum Gasteiger partial charge on any atom is -0.473 e. The Hall–Kier alpha value is -1.60. The third-order valence-corrected chi connectivity index (χ3v) is 2.95. The van der Waals surface area contributed by atoms with E-state index in [1.54, 1.807) is 6.07 Å². The van der Waals surface area contributed by atoms with Gasteiger partial charge in [-0.2, -0.15) is 5.26 Å². The summed E-state index contributed by atoms with van der Waals surface area (Å²) in [6.45, 7) is 2.51. The summed E-state index contributed by atoms with van der Waals surface area (Å²) in [6, 6.07) is 7.49.